The molecule has 9 nitrogen and oxygen atoms in total. The van der Waals surface area contributed by atoms with Gasteiger partial charge in [-0.3, -0.25) is 4.79 Å². The zero-order chi connectivity index (χ0) is 30.5. The van der Waals surface area contributed by atoms with Crippen LogP contribution in [-0.2, 0) is 11.3 Å². The maximum absolute atomic E-state index is 14.1. The number of hydrogen-bond donors (Lipinski definition) is 3. The number of aromatic amines is 1. The number of rotatable bonds is 9. The Hall–Kier alpha value is -4.50. The third-order valence-electron chi connectivity index (χ3n) is 8.22. The molecule has 1 saturated heterocycles. The number of para-hydroxylation sites is 2. The summed E-state index contributed by atoms with van der Waals surface area (Å²) in [6.07, 6.45) is 1.93. The Kier molecular flexibility index (Phi) is 9.21. The number of amides is 3. The van der Waals surface area contributed by atoms with Gasteiger partial charge in [0.2, 0.25) is 5.91 Å². The van der Waals surface area contributed by atoms with Crippen molar-refractivity contribution >= 4 is 34.2 Å². The molecule has 3 N–H and O–H groups in total. The molecule has 0 bridgehead atoms. The van der Waals surface area contributed by atoms with E-state index >= 15 is 0 Å². The van der Waals surface area contributed by atoms with E-state index in [9.17, 15) is 9.59 Å². The molecule has 3 amide bonds. The third-order valence-corrected chi connectivity index (χ3v) is 8.22. The molecular weight excluding hydrogens is 540 g/mol. The van der Waals surface area contributed by atoms with E-state index in [4.69, 9.17) is 4.74 Å². The summed E-state index contributed by atoms with van der Waals surface area (Å²) in [5, 5.41) is 7.21. The van der Waals surface area contributed by atoms with Crippen LogP contribution in [0.5, 0.6) is 5.75 Å². The summed E-state index contributed by atoms with van der Waals surface area (Å²) in [5.74, 6) is -0.0534. The van der Waals surface area contributed by atoms with Gasteiger partial charge in [-0.15, -0.1) is 0 Å². The van der Waals surface area contributed by atoms with E-state index in [1.165, 1.54) is 11.3 Å². The summed E-state index contributed by atoms with van der Waals surface area (Å²) in [6.45, 7) is 7.39. The van der Waals surface area contributed by atoms with Crippen LogP contribution in [0.3, 0.4) is 0 Å². The normalized spacial score (nSPS) is 14.9. The van der Waals surface area contributed by atoms with Crippen LogP contribution in [0.1, 0.15) is 29.5 Å². The fourth-order valence-corrected chi connectivity index (χ4v) is 5.89. The van der Waals surface area contributed by atoms with Crippen LogP contribution in [0.2, 0.25) is 0 Å². The van der Waals surface area contributed by atoms with E-state index in [0.29, 0.717) is 31.1 Å². The van der Waals surface area contributed by atoms with Gasteiger partial charge in [0.15, 0.2) is 0 Å². The fourth-order valence-electron chi connectivity index (χ4n) is 5.89. The second-order valence-corrected chi connectivity index (χ2v) is 11.5. The monoisotopic (exact) mass is 582 g/mol. The first-order valence-corrected chi connectivity index (χ1v) is 14.8. The number of piperazine rings is 1. The maximum Gasteiger partial charge on any atom is 0.318 e. The Morgan fingerprint density at radius 1 is 1.00 bits per heavy atom. The van der Waals surface area contributed by atoms with Crippen molar-refractivity contribution in [3.05, 3.63) is 89.6 Å². The minimum Gasteiger partial charge on any atom is -0.495 e. The smallest absolute Gasteiger partial charge is 0.318 e. The predicted octanol–water partition coefficient (Wildman–Crippen LogP) is 5.19. The van der Waals surface area contributed by atoms with E-state index in [0.717, 1.165) is 35.1 Å². The first-order valence-electron chi connectivity index (χ1n) is 14.8. The number of nitrogens with zero attached hydrogens (tertiary/aromatic N) is 3. The number of methoxy groups -OCH3 is 1. The van der Waals surface area contributed by atoms with Gasteiger partial charge in [0.25, 0.3) is 0 Å². The van der Waals surface area contributed by atoms with E-state index < -0.39 is 6.04 Å². The largest absolute Gasteiger partial charge is 0.495 e. The zero-order valence-corrected chi connectivity index (χ0v) is 25.7. The van der Waals surface area contributed by atoms with E-state index in [-0.39, 0.29) is 17.9 Å². The lowest BCUT2D eigenvalue weighted by molar-refractivity contribution is -0.118. The number of ether oxygens (including phenoxy) is 1. The molecule has 226 valence electrons. The number of urea groups is 1. The number of anilines is 2. The number of aromatic nitrogens is 1. The quantitative estimate of drug-likeness (QED) is 0.253. The Labute approximate surface area is 253 Å². The van der Waals surface area contributed by atoms with Gasteiger partial charge in [-0.05, 0) is 62.0 Å². The van der Waals surface area contributed by atoms with E-state index in [1.807, 2.05) is 81.8 Å². The van der Waals surface area contributed by atoms with Gasteiger partial charge in [0.05, 0.1) is 12.8 Å². The van der Waals surface area contributed by atoms with Crippen molar-refractivity contribution in [2.45, 2.75) is 32.4 Å². The first kappa shape index (κ1) is 30.0. The lowest BCUT2D eigenvalue weighted by Crippen LogP contribution is -2.56. The molecular formula is C34H42N6O3. The molecule has 3 aromatic carbocycles. The van der Waals surface area contributed by atoms with E-state index in [1.54, 1.807) is 12.0 Å². The molecule has 1 aromatic heterocycles. The molecule has 2 atom stereocenters. The molecule has 0 radical (unpaired) electrons. The van der Waals surface area contributed by atoms with Crippen LogP contribution >= 0.6 is 0 Å². The van der Waals surface area contributed by atoms with Crippen LogP contribution < -0.4 is 20.3 Å². The molecule has 1 aliphatic rings. The van der Waals surface area contributed by atoms with Gasteiger partial charge in [-0.25, -0.2) is 4.79 Å². The van der Waals surface area contributed by atoms with Gasteiger partial charge in [0.1, 0.15) is 11.8 Å². The molecule has 4 aromatic rings. The molecule has 1 aliphatic heterocycles. The van der Waals surface area contributed by atoms with Gasteiger partial charge in [-0.2, -0.15) is 0 Å². The highest BCUT2D eigenvalue weighted by atomic mass is 16.5. The molecule has 0 saturated carbocycles. The summed E-state index contributed by atoms with van der Waals surface area (Å²) >= 11 is 0. The van der Waals surface area contributed by atoms with Crippen molar-refractivity contribution in [2.75, 3.05) is 57.6 Å². The minimum atomic E-state index is -0.830. The molecule has 1 fully saturated rings. The Bertz CT molecular complexity index is 1570. The molecule has 0 spiro atoms. The summed E-state index contributed by atoms with van der Waals surface area (Å²) < 4.78 is 5.57. The van der Waals surface area contributed by atoms with Crippen molar-refractivity contribution in [3.8, 4) is 5.75 Å². The molecule has 43 heavy (non-hydrogen) atoms. The molecule has 5 rings (SSSR count). The summed E-state index contributed by atoms with van der Waals surface area (Å²) in [7, 11) is 5.58. The van der Waals surface area contributed by atoms with Crippen molar-refractivity contribution < 1.29 is 14.3 Å². The predicted molar refractivity (Wildman–Crippen MR) is 173 cm³/mol. The van der Waals surface area contributed by atoms with E-state index in [2.05, 4.69) is 44.5 Å². The lowest BCUT2D eigenvalue weighted by Gasteiger charge is -2.37. The van der Waals surface area contributed by atoms with Crippen molar-refractivity contribution in [2.24, 2.45) is 0 Å². The number of aryl methyl sites for hydroxylation is 1. The zero-order valence-electron chi connectivity index (χ0n) is 25.7. The average molecular weight is 583 g/mol. The number of carbonyl (C=O) groups excluding carboxylic acids is 2. The number of H-pyrrole nitrogens is 1. The third kappa shape index (κ3) is 6.78. The Balaban J connectivity index is 1.37. The highest BCUT2D eigenvalue weighted by Gasteiger charge is 2.32. The first-order chi connectivity index (χ1) is 20.7. The number of carbonyl (C=O) groups is 2. The highest BCUT2D eigenvalue weighted by molar-refractivity contribution is 5.99. The minimum absolute atomic E-state index is 0.246. The second kappa shape index (κ2) is 13.2. The summed E-state index contributed by atoms with van der Waals surface area (Å²) in [6, 6.07) is 21.0. The van der Waals surface area contributed by atoms with Crippen LogP contribution in [-0.4, -0.2) is 80.1 Å². The molecule has 0 unspecified atom stereocenters. The molecule has 0 aliphatic carbocycles. The van der Waals surface area contributed by atoms with Crippen molar-refractivity contribution in [1.29, 1.82) is 0 Å². The Morgan fingerprint density at radius 2 is 1.72 bits per heavy atom. The van der Waals surface area contributed by atoms with Gasteiger partial charge in [-0.1, -0.05) is 49.4 Å². The van der Waals surface area contributed by atoms with Gasteiger partial charge < -0.3 is 35.1 Å². The lowest BCUT2D eigenvalue weighted by atomic mass is 9.92. The average Bonchev–Trinajstić information content (AvgIpc) is 3.44. The van der Waals surface area contributed by atoms with Crippen LogP contribution in [0.15, 0.2) is 72.9 Å². The SMILES string of the molecule is COc1ccc(CN(C)C)cc1NC(=O)[C@H](NC(=O)N1CCN(c2ccccc2C)CC1)[C@@H](C)c1c[nH]c2ccccc12. The standard InChI is InChI=1S/C34H42N6O3/c1-23-10-6-9-13-30(23)39-16-18-40(19-17-39)34(42)37-32(24(2)27-21-35-28-12-8-7-11-26(27)28)33(41)36-29-20-25(22-38(3)4)14-15-31(29)43-5/h6-15,20-21,24,32,35H,16-19,22H2,1-5H3,(H,36,41)(H,37,42)/t24-,32+/m0/s1. The van der Waals surface area contributed by atoms with Crippen LogP contribution in [0, 0.1) is 6.92 Å². The summed E-state index contributed by atoms with van der Waals surface area (Å²) in [4.78, 5) is 37.2. The maximum atomic E-state index is 14.1. The van der Waals surface area contributed by atoms with Crippen molar-refractivity contribution in [1.82, 2.24) is 20.1 Å². The van der Waals surface area contributed by atoms with Crippen LogP contribution in [0.4, 0.5) is 16.2 Å². The highest BCUT2D eigenvalue weighted by Crippen LogP contribution is 2.31. The molecule has 9 heteroatoms. The Morgan fingerprint density at radius 3 is 2.44 bits per heavy atom. The number of hydrogen-bond acceptors (Lipinski definition) is 5. The van der Waals surface area contributed by atoms with Crippen molar-refractivity contribution in [3.63, 3.8) is 0 Å². The van der Waals surface area contributed by atoms with Crippen LogP contribution in [0.25, 0.3) is 10.9 Å². The van der Waals surface area contributed by atoms with Gasteiger partial charge in [0, 0.05) is 61.4 Å². The molecule has 2 heterocycles. The fraction of sp³-hybridized carbons (Fsp3) is 0.353. The van der Waals surface area contributed by atoms with Gasteiger partial charge >= 0.3 is 6.03 Å². The second-order valence-electron chi connectivity index (χ2n) is 11.5. The number of nitrogens with one attached hydrogen (secondary N) is 3. The number of fused-ring (bicyclic) bond motifs is 1. The number of benzene rings is 3. The topological polar surface area (TPSA) is 92.9 Å². The summed E-state index contributed by atoms with van der Waals surface area (Å²) in [5.41, 5.74) is 5.98.